The van der Waals surface area contributed by atoms with Crippen LogP contribution in [0, 0.1) is 0 Å². The van der Waals surface area contributed by atoms with Crippen LogP contribution in [0.15, 0.2) is 24.3 Å². The van der Waals surface area contributed by atoms with Crippen molar-refractivity contribution < 1.29 is 19.7 Å². The Bertz CT molecular complexity index is 449. The van der Waals surface area contributed by atoms with Gasteiger partial charge in [-0.05, 0) is 25.0 Å². The fraction of sp³-hybridized carbons (Fsp3) is 0.357. The molecule has 98 valence electrons. The lowest BCUT2D eigenvalue weighted by atomic mass is 10.0. The molecular formula is C14H18O4. The van der Waals surface area contributed by atoms with E-state index in [0.717, 1.165) is 5.57 Å². The van der Waals surface area contributed by atoms with Crippen LogP contribution in [-0.2, 0) is 4.79 Å². The van der Waals surface area contributed by atoms with E-state index in [-0.39, 0.29) is 12.2 Å². The molecule has 1 aromatic carbocycles. The van der Waals surface area contributed by atoms with Crippen LogP contribution in [0.2, 0.25) is 0 Å². The highest BCUT2D eigenvalue weighted by Crippen LogP contribution is 2.35. The van der Waals surface area contributed by atoms with Crippen LogP contribution in [0.1, 0.15) is 32.3 Å². The minimum absolute atomic E-state index is 0.0541. The lowest BCUT2D eigenvalue weighted by Gasteiger charge is -2.11. The number of carboxylic acids is 1. The van der Waals surface area contributed by atoms with Crippen molar-refractivity contribution in [3.63, 3.8) is 0 Å². The zero-order valence-corrected chi connectivity index (χ0v) is 10.6. The van der Waals surface area contributed by atoms with Crippen molar-refractivity contribution in [3.05, 3.63) is 29.8 Å². The second-order valence-electron chi connectivity index (χ2n) is 3.77. The van der Waals surface area contributed by atoms with Gasteiger partial charge in [-0.15, -0.1) is 0 Å². The number of benzene rings is 1. The lowest BCUT2D eigenvalue weighted by Crippen LogP contribution is -1.95. The fourth-order valence-electron chi connectivity index (χ4n) is 1.71. The molecule has 18 heavy (non-hydrogen) atoms. The van der Waals surface area contributed by atoms with Gasteiger partial charge in [-0.25, -0.2) is 0 Å². The molecule has 0 aliphatic heterocycles. The molecule has 0 spiro atoms. The summed E-state index contributed by atoms with van der Waals surface area (Å²) in [5, 5.41) is 18.8. The van der Waals surface area contributed by atoms with E-state index in [0.29, 0.717) is 24.3 Å². The molecule has 0 saturated carbocycles. The Morgan fingerprint density at radius 3 is 2.67 bits per heavy atom. The Morgan fingerprint density at radius 1 is 1.39 bits per heavy atom. The Hall–Kier alpha value is -1.97. The number of aliphatic carboxylic acids is 1. The van der Waals surface area contributed by atoms with Gasteiger partial charge in [-0.3, -0.25) is 4.79 Å². The molecule has 0 radical (unpaired) electrons. The maximum Gasteiger partial charge on any atom is 0.307 e. The number of hydrogen-bond donors (Lipinski definition) is 2. The quantitative estimate of drug-likeness (QED) is 0.814. The van der Waals surface area contributed by atoms with Crippen molar-refractivity contribution in [1.29, 1.82) is 0 Å². The van der Waals surface area contributed by atoms with Gasteiger partial charge in [0.15, 0.2) is 11.5 Å². The largest absolute Gasteiger partial charge is 0.504 e. The van der Waals surface area contributed by atoms with E-state index >= 15 is 0 Å². The number of phenols is 1. The fourth-order valence-corrected chi connectivity index (χ4v) is 1.71. The molecule has 2 N–H and O–H groups in total. The maximum atomic E-state index is 10.6. The molecule has 0 heterocycles. The number of hydrogen-bond acceptors (Lipinski definition) is 3. The summed E-state index contributed by atoms with van der Waals surface area (Å²) in [6.07, 6.45) is 2.21. The first kappa shape index (κ1) is 14.1. The average molecular weight is 250 g/mol. The molecule has 0 aliphatic carbocycles. The topological polar surface area (TPSA) is 66.8 Å². The van der Waals surface area contributed by atoms with Gasteiger partial charge in [0, 0.05) is 5.56 Å². The first-order valence-electron chi connectivity index (χ1n) is 5.96. The molecular weight excluding hydrogens is 232 g/mol. The first-order chi connectivity index (χ1) is 8.60. The van der Waals surface area contributed by atoms with Crippen LogP contribution < -0.4 is 4.74 Å². The summed E-state index contributed by atoms with van der Waals surface area (Å²) in [6.45, 7) is 4.23. The highest BCUT2D eigenvalue weighted by molar-refractivity contribution is 5.77. The monoisotopic (exact) mass is 250 g/mol. The summed E-state index contributed by atoms with van der Waals surface area (Å²) < 4.78 is 5.30. The van der Waals surface area contributed by atoms with Gasteiger partial charge < -0.3 is 14.9 Å². The van der Waals surface area contributed by atoms with Gasteiger partial charge in [0.25, 0.3) is 0 Å². The van der Waals surface area contributed by atoms with Crippen LogP contribution >= 0.6 is 0 Å². The average Bonchev–Trinajstić information content (AvgIpc) is 2.34. The first-order valence-corrected chi connectivity index (χ1v) is 5.96. The third kappa shape index (κ3) is 3.52. The number of allylic oxidation sites excluding steroid dienone is 1. The van der Waals surface area contributed by atoms with Crippen LogP contribution in [0.5, 0.6) is 11.5 Å². The summed E-state index contributed by atoms with van der Waals surface area (Å²) in [4.78, 5) is 10.6. The SMILES string of the molecule is CCOc1cccc(/C(=C/CC(=O)O)CC)c1O. The number of phenolic OH excluding ortho intramolecular Hbond substituents is 1. The molecule has 4 nitrogen and oxygen atoms in total. The minimum atomic E-state index is -0.888. The lowest BCUT2D eigenvalue weighted by molar-refractivity contribution is -0.135. The third-order valence-corrected chi connectivity index (χ3v) is 2.55. The van der Waals surface area contributed by atoms with E-state index < -0.39 is 5.97 Å². The standard InChI is InChI=1S/C14H18O4/c1-3-10(8-9-13(15)16)11-6-5-7-12(14(11)17)18-4-2/h5-8,17H,3-4,9H2,1-2H3,(H,15,16)/b10-8+. The van der Waals surface area contributed by atoms with Crippen molar-refractivity contribution in [3.8, 4) is 11.5 Å². The van der Waals surface area contributed by atoms with E-state index in [1.54, 1.807) is 24.3 Å². The second-order valence-corrected chi connectivity index (χ2v) is 3.77. The van der Waals surface area contributed by atoms with Crippen LogP contribution in [0.4, 0.5) is 0 Å². The summed E-state index contributed by atoms with van der Waals surface area (Å²) in [6, 6.07) is 5.23. The van der Waals surface area contributed by atoms with Crippen molar-refractivity contribution in [2.45, 2.75) is 26.7 Å². The number of para-hydroxylation sites is 1. The Balaban J connectivity index is 3.09. The van der Waals surface area contributed by atoms with Gasteiger partial charge in [0.05, 0.1) is 13.0 Å². The predicted octanol–water partition coefficient (Wildman–Crippen LogP) is 3.06. The molecule has 0 atom stereocenters. The number of carboxylic acid groups (broad SMARTS) is 1. The third-order valence-electron chi connectivity index (χ3n) is 2.55. The molecule has 0 amide bonds. The Labute approximate surface area is 107 Å². The summed E-state index contributed by atoms with van der Waals surface area (Å²) >= 11 is 0. The molecule has 0 fully saturated rings. The number of aromatic hydroxyl groups is 1. The van der Waals surface area contributed by atoms with Crippen molar-refractivity contribution in [1.82, 2.24) is 0 Å². The molecule has 0 saturated heterocycles. The number of ether oxygens (including phenoxy) is 1. The van der Waals surface area contributed by atoms with Crippen molar-refractivity contribution in [2.24, 2.45) is 0 Å². The van der Waals surface area contributed by atoms with Crippen molar-refractivity contribution in [2.75, 3.05) is 6.61 Å². The maximum absolute atomic E-state index is 10.6. The minimum Gasteiger partial charge on any atom is -0.504 e. The highest BCUT2D eigenvalue weighted by Gasteiger charge is 2.11. The van der Waals surface area contributed by atoms with Crippen LogP contribution in [0.25, 0.3) is 5.57 Å². The van der Waals surface area contributed by atoms with E-state index in [2.05, 4.69) is 0 Å². The zero-order chi connectivity index (χ0) is 13.5. The second kappa shape index (κ2) is 6.69. The molecule has 0 aromatic heterocycles. The summed E-state index contributed by atoms with van der Waals surface area (Å²) in [5.41, 5.74) is 1.43. The van der Waals surface area contributed by atoms with Gasteiger partial charge in [0.1, 0.15) is 0 Å². The normalized spacial score (nSPS) is 11.3. The van der Waals surface area contributed by atoms with Gasteiger partial charge in [-0.1, -0.05) is 25.1 Å². The Kier molecular flexibility index (Phi) is 5.24. The molecule has 1 rings (SSSR count). The molecule has 0 unspecified atom stereocenters. The summed E-state index contributed by atoms with van der Waals surface area (Å²) in [7, 11) is 0. The van der Waals surface area contributed by atoms with Crippen molar-refractivity contribution >= 4 is 11.5 Å². The van der Waals surface area contributed by atoms with E-state index in [1.807, 2.05) is 13.8 Å². The number of carbonyl (C=O) groups is 1. The van der Waals surface area contributed by atoms with Crippen LogP contribution in [-0.4, -0.2) is 22.8 Å². The predicted molar refractivity (Wildman–Crippen MR) is 69.8 cm³/mol. The molecule has 0 aliphatic rings. The smallest absolute Gasteiger partial charge is 0.307 e. The number of rotatable bonds is 6. The van der Waals surface area contributed by atoms with Gasteiger partial charge in [-0.2, -0.15) is 0 Å². The van der Waals surface area contributed by atoms with E-state index in [1.165, 1.54) is 0 Å². The molecule has 1 aromatic rings. The van der Waals surface area contributed by atoms with E-state index in [9.17, 15) is 9.90 Å². The van der Waals surface area contributed by atoms with Gasteiger partial charge in [0.2, 0.25) is 0 Å². The zero-order valence-electron chi connectivity index (χ0n) is 10.6. The van der Waals surface area contributed by atoms with E-state index in [4.69, 9.17) is 9.84 Å². The highest BCUT2D eigenvalue weighted by atomic mass is 16.5. The Morgan fingerprint density at radius 2 is 2.11 bits per heavy atom. The summed E-state index contributed by atoms with van der Waals surface area (Å²) in [5.74, 6) is -0.399. The molecule has 4 heteroatoms. The van der Waals surface area contributed by atoms with Gasteiger partial charge >= 0.3 is 5.97 Å². The van der Waals surface area contributed by atoms with Crippen LogP contribution in [0.3, 0.4) is 0 Å². The molecule has 0 bridgehead atoms.